The zero-order valence-corrected chi connectivity index (χ0v) is 17.6. The van der Waals surface area contributed by atoms with Gasteiger partial charge in [0.15, 0.2) is 11.0 Å². The molecule has 0 radical (unpaired) electrons. The number of rotatable bonds is 7. The minimum atomic E-state index is -0.126. The molecule has 9 heteroatoms. The van der Waals surface area contributed by atoms with Crippen molar-refractivity contribution >= 4 is 23.5 Å². The highest BCUT2D eigenvalue weighted by Crippen LogP contribution is 2.23. The topological polar surface area (TPSA) is 85.2 Å². The van der Waals surface area contributed by atoms with Crippen molar-refractivity contribution in [2.75, 3.05) is 37.4 Å². The fourth-order valence-electron chi connectivity index (χ4n) is 3.21. The molecule has 30 heavy (non-hydrogen) atoms. The summed E-state index contributed by atoms with van der Waals surface area (Å²) in [7, 11) is 0. The second-order valence-electron chi connectivity index (χ2n) is 6.96. The highest BCUT2D eigenvalue weighted by Gasteiger charge is 2.19. The third kappa shape index (κ3) is 5.05. The Balaban J connectivity index is 1.49. The quantitative estimate of drug-likeness (QED) is 0.584. The number of hydrogen-bond acceptors (Lipinski definition) is 7. The van der Waals surface area contributed by atoms with Crippen LogP contribution in [-0.2, 0) is 16.1 Å². The number of benzene rings is 1. The number of morpholine rings is 1. The van der Waals surface area contributed by atoms with Crippen LogP contribution in [0.4, 0.5) is 5.82 Å². The molecule has 0 spiro atoms. The second-order valence-corrected chi connectivity index (χ2v) is 7.91. The molecular formula is C21H24N6O2S. The van der Waals surface area contributed by atoms with Crippen molar-refractivity contribution in [1.29, 1.82) is 0 Å². The number of anilines is 1. The molecule has 3 heterocycles. The van der Waals surface area contributed by atoms with Gasteiger partial charge < -0.3 is 10.1 Å². The lowest BCUT2D eigenvalue weighted by Gasteiger charge is -2.26. The fourth-order valence-corrected chi connectivity index (χ4v) is 3.98. The Hall–Kier alpha value is -2.75. The number of carbonyl (C=O) groups is 1. The first-order valence-corrected chi connectivity index (χ1v) is 10.8. The molecule has 3 aromatic rings. The number of hydrogen-bond donors (Lipinski definition) is 1. The lowest BCUT2D eigenvalue weighted by Crippen LogP contribution is -2.36. The SMILES string of the molecule is Cc1cccnc1NC(=O)CSc1nnc(CN2CCOCC2)n1-c1ccccc1. The molecule has 1 aliphatic rings. The number of para-hydroxylation sites is 1. The van der Waals surface area contributed by atoms with Crippen LogP contribution in [0.1, 0.15) is 11.4 Å². The van der Waals surface area contributed by atoms with E-state index in [-0.39, 0.29) is 11.7 Å². The van der Waals surface area contributed by atoms with Gasteiger partial charge in [0.25, 0.3) is 0 Å². The first kappa shape index (κ1) is 20.5. The van der Waals surface area contributed by atoms with Gasteiger partial charge in [-0.1, -0.05) is 36.0 Å². The summed E-state index contributed by atoms with van der Waals surface area (Å²) >= 11 is 1.36. The van der Waals surface area contributed by atoms with E-state index in [0.29, 0.717) is 17.5 Å². The predicted octanol–water partition coefficient (Wildman–Crippen LogP) is 2.53. The van der Waals surface area contributed by atoms with Crippen LogP contribution >= 0.6 is 11.8 Å². The van der Waals surface area contributed by atoms with Gasteiger partial charge in [-0.3, -0.25) is 14.3 Å². The van der Waals surface area contributed by atoms with E-state index in [9.17, 15) is 4.79 Å². The van der Waals surface area contributed by atoms with Gasteiger partial charge in [-0.05, 0) is 30.7 Å². The van der Waals surface area contributed by atoms with Crippen molar-refractivity contribution in [3.63, 3.8) is 0 Å². The van der Waals surface area contributed by atoms with E-state index in [1.807, 2.05) is 54.0 Å². The minimum Gasteiger partial charge on any atom is -0.379 e. The van der Waals surface area contributed by atoms with Crippen LogP contribution in [0.25, 0.3) is 5.69 Å². The molecule has 1 aromatic carbocycles. The Morgan fingerprint density at radius 2 is 1.93 bits per heavy atom. The molecule has 1 N–H and O–H groups in total. The molecule has 1 saturated heterocycles. The van der Waals surface area contributed by atoms with Crippen molar-refractivity contribution in [1.82, 2.24) is 24.6 Å². The number of pyridine rings is 1. The summed E-state index contributed by atoms with van der Waals surface area (Å²) in [6.07, 6.45) is 1.67. The molecule has 0 bridgehead atoms. The largest absolute Gasteiger partial charge is 0.379 e. The van der Waals surface area contributed by atoms with Gasteiger partial charge in [-0.15, -0.1) is 10.2 Å². The average molecular weight is 425 g/mol. The number of amides is 1. The second kappa shape index (κ2) is 9.84. The standard InChI is InChI=1S/C21H24N6O2S/c1-16-6-5-9-22-20(16)23-19(28)15-30-21-25-24-18(14-26-10-12-29-13-11-26)27(21)17-7-3-2-4-8-17/h2-9H,10-15H2,1H3,(H,22,23,28). The summed E-state index contributed by atoms with van der Waals surface area (Å²) < 4.78 is 7.47. The molecule has 156 valence electrons. The van der Waals surface area contributed by atoms with E-state index >= 15 is 0 Å². The molecule has 4 rings (SSSR count). The van der Waals surface area contributed by atoms with Gasteiger partial charge in [0.2, 0.25) is 5.91 Å². The molecular weight excluding hydrogens is 400 g/mol. The van der Waals surface area contributed by atoms with Crippen LogP contribution in [0.2, 0.25) is 0 Å². The third-order valence-electron chi connectivity index (χ3n) is 4.78. The summed E-state index contributed by atoms with van der Waals surface area (Å²) in [5, 5.41) is 12.4. The highest BCUT2D eigenvalue weighted by atomic mass is 32.2. The van der Waals surface area contributed by atoms with Crippen molar-refractivity contribution < 1.29 is 9.53 Å². The van der Waals surface area contributed by atoms with Crippen LogP contribution < -0.4 is 5.32 Å². The van der Waals surface area contributed by atoms with Gasteiger partial charge in [0, 0.05) is 25.0 Å². The van der Waals surface area contributed by atoms with Crippen molar-refractivity contribution in [3.05, 3.63) is 60.0 Å². The number of nitrogens with zero attached hydrogens (tertiary/aromatic N) is 5. The summed E-state index contributed by atoms with van der Waals surface area (Å²) in [6.45, 7) is 5.80. The monoisotopic (exact) mass is 424 g/mol. The number of carbonyl (C=O) groups excluding carboxylic acids is 1. The molecule has 0 aliphatic carbocycles. The third-order valence-corrected chi connectivity index (χ3v) is 5.71. The average Bonchev–Trinajstić information content (AvgIpc) is 3.17. The van der Waals surface area contributed by atoms with E-state index in [1.54, 1.807) is 6.20 Å². The zero-order valence-electron chi connectivity index (χ0n) is 16.8. The molecule has 8 nitrogen and oxygen atoms in total. The van der Waals surface area contributed by atoms with Crippen LogP contribution in [0.3, 0.4) is 0 Å². The van der Waals surface area contributed by atoms with Crippen LogP contribution in [0.15, 0.2) is 53.8 Å². The maximum Gasteiger partial charge on any atom is 0.236 e. The fraction of sp³-hybridized carbons (Fsp3) is 0.333. The molecule has 0 unspecified atom stereocenters. The summed E-state index contributed by atoms with van der Waals surface area (Å²) in [6, 6.07) is 13.8. The van der Waals surface area contributed by atoms with E-state index in [4.69, 9.17) is 4.74 Å². The smallest absolute Gasteiger partial charge is 0.236 e. The van der Waals surface area contributed by atoms with E-state index in [2.05, 4.69) is 25.4 Å². The molecule has 0 atom stereocenters. The Kier molecular flexibility index (Phi) is 6.73. The summed E-state index contributed by atoms with van der Waals surface area (Å²) in [4.78, 5) is 19.0. The lowest BCUT2D eigenvalue weighted by atomic mass is 10.3. The maximum atomic E-state index is 12.5. The highest BCUT2D eigenvalue weighted by molar-refractivity contribution is 7.99. The van der Waals surface area contributed by atoms with Crippen LogP contribution in [0.5, 0.6) is 0 Å². The van der Waals surface area contributed by atoms with Gasteiger partial charge in [-0.2, -0.15) is 0 Å². The van der Waals surface area contributed by atoms with Gasteiger partial charge in [-0.25, -0.2) is 4.98 Å². The van der Waals surface area contributed by atoms with Gasteiger partial charge in [0.05, 0.1) is 25.5 Å². The summed E-state index contributed by atoms with van der Waals surface area (Å²) in [5.74, 6) is 1.53. The van der Waals surface area contributed by atoms with Crippen LogP contribution in [-0.4, -0.2) is 62.6 Å². The van der Waals surface area contributed by atoms with Gasteiger partial charge in [0.1, 0.15) is 5.82 Å². The van der Waals surface area contributed by atoms with Gasteiger partial charge >= 0.3 is 0 Å². The number of aromatic nitrogens is 4. The predicted molar refractivity (Wildman–Crippen MR) is 116 cm³/mol. The first-order valence-electron chi connectivity index (χ1n) is 9.85. The van der Waals surface area contributed by atoms with Crippen LogP contribution in [0, 0.1) is 6.92 Å². The first-order chi connectivity index (χ1) is 14.7. The molecule has 2 aromatic heterocycles. The Morgan fingerprint density at radius 1 is 1.13 bits per heavy atom. The molecule has 0 saturated carbocycles. The number of nitrogens with one attached hydrogen (secondary N) is 1. The molecule has 1 amide bonds. The number of thioether (sulfide) groups is 1. The number of aryl methyl sites for hydroxylation is 1. The van der Waals surface area contributed by atoms with Crippen molar-refractivity contribution in [3.8, 4) is 5.69 Å². The van der Waals surface area contributed by atoms with E-state index < -0.39 is 0 Å². The number of ether oxygens (including phenoxy) is 1. The van der Waals surface area contributed by atoms with E-state index in [1.165, 1.54) is 11.8 Å². The Morgan fingerprint density at radius 3 is 2.70 bits per heavy atom. The lowest BCUT2D eigenvalue weighted by molar-refractivity contribution is -0.113. The van der Waals surface area contributed by atoms with Crippen molar-refractivity contribution in [2.24, 2.45) is 0 Å². The Bertz CT molecular complexity index is 988. The van der Waals surface area contributed by atoms with E-state index in [0.717, 1.165) is 43.4 Å². The molecule has 1 aliphatic heterocycles. The zero-order chi connectivity index (χ0) is 20.8. The summed E-state index contributed by atoms with van der Waals surface area (Å²) in [5.41, 5.74) is 1.91. The normalized spacial score (nSPS) is 14.6. The minimum absolute atomic E-state index is 0.126. The Labute approximate surface area is 179 Å². The maximum absolute atomic E-state index is 12.5. The van der Waals surface area contributed by atoms with Crippen molar-refractivity contribution in [2.45, 2.75) is 18.6 Å². The molecule has 1 fully saturated rings.